The first-order chi connectivity index (χ1) is 7.09. The van der Waals surface area contributed by atoms with Crippen molar-refractivity contribution in [1.29, 1.82) is 5.26 Å². The van der Waals surface area contributed by atoms with Crippen LogP contribution in [-0.4, -0.2) is 12.6 Å². The molecule has 0 aromatic carbocycles. The summed E-state index contributed by atoms with van der Waals surface area (Å²) in [6, 6.07) is 2.34. The van der Waals surface area contributed by atoms with Crippen LogP contribution in [0.4, 0.5) is 0 Å². The number of hydrogen-bond donors (Lipinski definition) is 0. The molecule has 0 bridgehead atoms. The number of rotatable bonds is 2. The van der Waals surface area contributed by atoms with Gasteiger partial charge >= 0.3 is 5.97 Å². The van der Waals surface area contributed by atoms with E-state index in [1.807, 2.05) is 6.92 Å². The summed E-state index contributed by atoms with van der Waals surface area (Å²) in [5, 5.41) is 8.94. The standard InChI is InChI=1S/C12H17NO2/c1-3-15-11(14)8-10-4-6-12(2,9-13)7-5-10/h8H,3-7H2,1-2H3. The minimum Gasteiger partial charge on any atom is -0.463 e. The molecule has 0 aliphatic heterocycles. The summed E-state index contributed by atoms with van der Waals surface area (Å²) in [6.07, 6.45) is 4.94. The zero-order chi connectivity index (χ0) is 11.3. The van der Waals surface area contributed by atoms with Gasteiger partial charge in [-0.05, 0) is 39.5 Å². The second-order valence-corrected chi connectivity index (χ2v) is 4.23. The molecule has 0 N–H and O–H groups in total. The molecule has 0 spiro atoms. The van der Waals surface area contributed by atoms with E-state index in [1.54, 1.807) is 13.0 Å². The maximum absolute atomic E-state index is 11.2. The molecule has 3 nitrogen and oxygen atoms in total. The van der Waals surface area contributed by atoms with Crippen LogP contribution >= 0.6 is 0 Å². The largest absolute Gasteiger partial charge is 0.463 e. The van der Waals surface area contributed by atoms with Crippen LogP contribution in [0, 0.1) is 16.7 Å². The molecular formula is C12H17NO2. The number of nitriles is 1. The van der Waals surface area contributed by atoms with Crippen molar-refractivity contribution in [3.63, 3.8) is 0 Å². The Labute approximate surface area is 90.7 Å². The fourth-order valence-electron chi connectivity index (χ4n) is 1.73. The number of nitrogens with zero attached hydrogens (tertiary/aromatic N) is 1. The Morgan fingerprint density at radius 2 is 2.20 bits per heavy atom. The van der Waals surface area contributed by atoms with E-state index in [4.69, 9.17) is 10.00 Å². The van der Waals surface area contributed by atoms with Crippen molar-refractivity contribution in [3.8, 4) is 6.07 Å². The van der Waals surface area contributed by atoms with Crippen LogP contribution in [0.25, 0.3) is 0 Å². The third-order valence-electron chi connectivity index (χ3n) is 2.87. The lowest BCUT2D eigenvalue weighted by atomic mass is 9.75. The van der Waals surface area contributed by atoms with Crippen molar-refractivity contribution in [2.75, 3.05) is 6.61 Å². The first kappa shape index (κ1) is 11.8. The monoisotopic (exact) mass is 207 g/mol. The van der Waals surface area contributed by atoms with Crippen LogP contribution in [-0.2, 0) is 9.53 Å². The maximum atomic E-state index is 11.2. The second kappa shape index (κ2) is 4.97. The van der Waals surface area contributed by atoms with Gasteiger partial charge in [-0.3, -0.25) is 0 Å². The van der Waals surface area contributed by atoms with Gasteiger partial charge in [0.1, 0.15) is 0 Å². The van der Waals surface area contributed by atoms with Gasteiger partial charge in [-0.15, -0.1) is 0 Å². The van der Waals surface area contributed by atoms with Crippen LogP contribution in [0.1, 0.15) is 39.5 Å². The van der Waals surface area contributed by atoms with Crippen LogP contribution in [0.3, 0.4) is 0 Å². The van der Waals surface area contributed by atoms with Crippen molar-refractivity contribution in [3.05, 3.63) is 11.6 Å². The summed E-state index contributed by atoms with van der Waals surface area (Å²) in [7, 11) is 0. The lowest BCUT2D eigenvalue weighted by molar-refractivity contribution is -0.137. The molecule has 0 amide bonds. The van der Waals surface area contributed by atoms with Crippen LogP contribution < -0.4 is 0 Å². The Morgan fingerprint density at radius 3 is 2.67 bits per heavy atom. The van der Waals surface area contributed by atoms with Crippen molar-refractivity contribution in [2.45, 2.75) is 39.5 Å². The van der Waals surface area contributed by atoms with Crippen molar-refractivity contribution < 1.29 is 9.53 Å². The van der Waals surface area contributed by atoms with E-state index in [-0.39, 0.29) is 11.4 Å². The van der Waals surface area contributed by atoms with Gasteiger partial charge in [0.25, 0.3) is 0 Å². The topological polar surface area (TPSA) is 50.1 Å². The summed E-state index contributed by atoms with van der Waals surface area (Å²) < 4.78 is 4.84. The highest BCUT2D eigenvalue weighted by Crippen LogP contribution is 2.37. The molecule has 1 aliphatic carbocycles. The second-order valence-electron chi connectivity index (χ2n) is 4.23. The summed E-state index contributed by atoms with van der Waals surface area (Å²) in [5.41, 5.74) is 0.910. The van der Waals surface area contributed by atoms with Crippen LogP contribution in [0.2, 0.25) is 0 Å². The predicted octanol–water partition coefficient (Wildman–Crippen LogP) is 2.58. The lowest BCUT2D eigenvalue weighted by Gasteiger charge is -2.27. The molecule has 0 unspecified atom stereocenters. The molecule has 0 heterocycles. The average Bonchev–Trinajstić information content (AvgIpc) is 2.22. The molecule has 15 heavy (non-hydrogen) atoms. The highest BCUT2D eigenvalue weighted by atomic mass is 16.5. The molecular weight excluding hydrogens is 190 g/mol. The van der Waals surface area contributed by atoms with E-state index in [9.17, 15) is 4.79 Å². The Hall–Kier alpha value is -1.30. The molecule has 0 radical (unpaired) electrons. The van der Waals surface area contributed by atoms with Gasteiger partial charge in [-0.25, -0.2) is 4.79 Å². The fraction of sp³-hybridized carbons (Fsp3) is 0.667. The normalized spacial score (nSPS) is 25.5. The van der Waals surface area contributed by atoms with Gasteiger partial charge in [0.05, 0.1) is 18.1 Å². The number of carbonyl (C=O) groups excluding carboxylic acids is 1. The van der Waals surface area contributed by atoms with E-state index in [1.165, 1.54) is 0 Å². The third-order valence-corrected chi connectivity index (χ3v) is 2.87. The molecule has 0 aromatic heterocycles. The SMILES string of the molecule is CCOC(=O)C=C1CCC(C)(C#N)CC1. The highest BCUT2D eigenvalue weighted by molar-refractivity contribution is 5.82. The quantitative estimate of drug-likeness (QED) is 0.516. The van der Waals surface area contributed by atoms with E-state index < -0.39 is 0 Å². The van der Waals surface area contributed by atoms with Crippen LogP contribution in [0.15, 0.2) is 11.6 Å². The Bertz CT molecular complexity index is 302. The van der Waals surface area contributed by atoms with E-state index in [0.717, 1.165) is 31.3 Å². The van der Waals surface area contributed by atoms with Crippen molar-refractivity contribution in [2.24, 2.45) is 5.41 Å². The Morgan fingerprint density at radius 1 is 1.60 bits per heavy atom. The smallest absolute Gasteiger partial charge is 0.330 e. The zero-order valence-electron chi connectivity index (χ0n) is 9.38. The Balaban J connectivity index is 2.51. The zero-order valence-corrected chi connectivity index (χ0v) is 9.38. The summed E-state index contributed by atoms with van der Waals surface area (Å²) >= 11 is 0. The van der Waals surface area contributed by atoms with E-state index in [2.05, 4.69) is 6.07 Å². The first-order valence-corrected chi connectivity index (χ1v) is 5.37. The van der Waals surface area contributed by atoms with Crippen molar-refractivity contribution >= 4 is 5.97 Å². The number of carbonyl (C=O) groups is 1. The highest BCUT2D eigenvalue weighted by Gasteiger charge is 2.28. The summed E-state index contributed by atoms with van der Waals surface area (Å²) in [5.74, 6) is -0.256. The molecule has 82 valence electrons. The fourth-order valence-corrected chi connectivity index (χ4v) is 1.73. The number of esters is 1. The molecule has 1 aliphatic rings. The maximum Gasteiger partial charge on any atom is 0.330 e. The Kier molecular flexibility index (Phi) is 3.90. The lowest BCUT2D eigenvalue weighted by Crippen LogP contribution is -2.19. The average molecular weight is 207 g/mol. The number of ether oxygens (including phenoxy) is 1. The van der Waals surface area contributed by atoms with Gasteiger partial charge < -0.3 is 4.74 Å². The van der Waals surface area contributed by atoms with Crippen molar-refractivity contribution in [1.82, 2.24) is 0 Å². The molecule has 1 fully saturated rings. The van der Waals surface area contributed by atoms with Gasteiger partial charge in [0.15, 0.2) is 0 Å². The predicted molar refractivity (Wildman–Crippen MR) is 56.9 cm³/mol. The first-order valence-electron chi connectivity index (χ1n) is 5.37. The number of hydrogen-bond acceptors (Lipinski definition) is 3. The molecule has 0 saturated heterocycles. The molecule has 3 heteroatoms. The van der Waals surface area contributed by atoms with Gasteiger partial charge in [-0.2, -0.15) is 5.26 Å². The van der Waals surface area contributed by atoms with Crippen LogP contribution in [0.5, 0.6) is 0 Å². The van der Waals surface area contributed by atoms with Gasteiger partial charge in [0.2, 0.25) is 0 Å². The van der Waals surface area contributed by atoms with Gasteiger partial charge in [0, 0.05) is 6.08 Å². The third kappa shape index (κ3) is 3.39. The minimum atomic E-state index is -0.256. The summed E-state index contributed by atoms with van der Waals surface area (Å²) in [6.45, 7) is 4.19. The minimum absolute atomic E-state index is 0.202. The molecule has 1 saturated carbocycles. The molecule has 1 rings (SSSR count). The molecule has 0 atom stereocenters. The number of allylic oxidation sites excluding steroid dienone is 1. The molecule has 0 aromatic rings. The summed E-state index contributed by atoms with van der Waals surface area (Å²) in [4.78, 5) is 11.2. The van der Waals surface area contributed by atoms with Gasteiger partial charge in [-0.1, -0.05) is 5.57 Å². The van der Waals surface area contributed by atoms with E-state index in [0.29, 0.717) is 6.61 Å². The van der Waals surface area contributed by atoms with E-state index >= 15 is 0 Å².